The molecule has 4 nitrogen and oxygen atoms in total. The van der Waals surface area contributed by atoms with Crippen molar-refractivity contribution >= 4 is 35.0 Å². The monoisotopic (exact) mass is 384 g/mol. The maximum Gasteiger partial charge on any atom is 0.242 e. The third-order valence-corrected chi connectivity index (χ3v) is 5.36. The molecule has 1 fully saturated rings. The molecule has 0 bridgehead atoms. The molecule has 1 atom stereocenters. The number of nitrogens with one attached hydrogen (secondary N) is 1. The fourth-order valence-corrected chi connectivity index (χ4v) is 3.66. The predicted molar refractivity (Wildman–Crippen MR) is 102 cm³/mol. The maximum absolute atomic E-state index is 12.6. The van der Waals surface area contributed by atoms with Crippen molar-refractivity contribution in [2.24, 2.45) is 0 Å². The third kappa shape index (κ3) is 5.61. The van der Waals surface area contributed by atoms with Gasteiger partial charge in [-0.3, -0.25) is 9.59 Å². The summed E-state index contributed by atoms with van der Waals surface area (Å²) in [4.78, 5) is 26.6. The Balaban J connectivity index is 2.09. The number of carbonyl (C=O) groups excluding carboxylic acids is 2. The van der Waals surface area contributed by atoms with Gasteiger partial charge in [-0.05, 0) is 37.5 Å². The predicted octanol–water partition coefficient (Wildman–Crippen LogP) is 4.57. The Kier molecular flexibility index (Phi) is 7.57. The molecule has 1 unspecified atom stereocenters. The van der Waals surface area contributed by atoms with Crippen LogP contribution in [0.5, 0.6) is 0 Å². The Labute approximate surface area is 159 Å². The fourth-order valence-electron chi connectivity index (χ4n) is 3.19. The van der Waals surface area contributed by atoms with Gasteiger partial charge in [0.15, 0.2) is 0 Å². The lowest BCUT2D eigenvalue weighted by Crippen LogP contribution is -2.50. The molecule has 0 aromatic heterocycles. The summed E-state index contributed by atoms with van der Waals surface area (Å²) in [6.45, 7) is 3.86. The van der Waals surface area contributed by atoms with E-state index in [1.807, 2.05) is 0 Å². The van der Waals surface area contributed by atoms with Gasteiger partial charge in [0.05, 0.1) is 0 Å². The van der Waals surface area contributed by atoms with Gasteiger partial charge in [0.1, 0.15) is 6.04 Å². The van der Waals surface area contributed by atoms with Crippen molar-refractivity contribution in [2.45, 2.75) is 71.0 Å². The second-order valence-electron chi connectivity index (χ2n) is 6.63. The molecule has 0 heterocycles. The smallest absolute Gasteiger partial charge is 0.242 e. The van der Waals surface area contributed by atoms with Gasteiger partial charge in [0.2, 0.25) is 11.8 Å². The molecule has 1 saturated carbocycles. The molecule has 1 aliphatic carbocycles. The average molecular weight is 385 g/mol. The van der Waals surface area contributed by atoms with Crippen molar-refractivity contribution in [3.05, 3.63) is 33.8 Å². The largest absolute Gasteiger partial charge is 0.352 e. The number of amides is 2. The molecule has 0 radical (unpaired) electrons. The molecule has 2 rings (SSSR count). The van der Waals surface area contributed by atoms with Gasteiger partial charge in [-0.1, -0.05) is 55.5 Å². The summed E-state index contributed by atoms with van der Waals surface area (Å²) in [5, 5.41) is 4.15. The highest BCUT2D eigenvalue weighted by Crippen LogP contribution is 2.24. The number of halogens is 2. The van der Waals surface area contributed by atoms with Gasteiger partial charge >= 0.3 is 0 Å². The summed E-state index contributed by atoms with van der Waals surface area (Å²) in [7, 11) is 0. The molecule has 1 N–H and O–H groups in total. The number of hydrogen-bond acceptors (Lipinski definition) is 2. The van der Waals surface area contributed by atoms with Crippen molar-refractivity contribution in [3.63, 3.8) is 0 Å². The topological polar surface area (TPSA) is 49.4 Å². The van der Waals surface area contributed by atoms with Gasteiger partial charge in [-0.2, -0.15) is 0 Å². The minimum Gasteiger partial charge on any atom is -0.352 e. The quantitative estimate of drug-likeness (QED) is 0.780. The number of benzene rings is 1. The molecular weight excluding hydrogens is 359 g/mol. The van der Waals surface area contributed by atoms with E-state index in [4.69, 9.17) is 23.2 Å². The van der Waals surface area contributed by atoms with E-state index < -0.39 is 6.04 Å². The van der Waals surface area contributed by atoms with E-state index in [0.717, 1.165) is 31.2 Å². The number of carbonyl (C=O) groups is 2. The Morgan fingerprint density at radius 2 is 1.92 bits per heavy atom. The summed E-state index contributed by atoms with van der Waals surface area (Å²) in [6, 6.07) is 4.87. The van der Waals surface area contributed by atoms with Gasteiger partial charge in [-0.25, -0.2) is 0 Å². The van der Waals surface area contributed by atoms with Gasteiger partial charge < -0.3 is 10.2 Å². The zero-order valence-corrected chi connectivity index (χ0v) is 16.4. The summed E-state index contributed by atoms with van der Waals surface area (Å²) in [5.74, 6) is -0.170. The van der Waals surface area contributed by atoms with Crippen LogP contribution >= 0.6 is 23.2 Å². The van der Waals surface area contributed by atoms with Gasteiger partial charge in [0, 0.05) is 29.1 Å². The van der Waals surface area contributed by atoms with Crippen molar-refractivity contribution in [3.8, 4) is 0 Å². The summed E-state index contributed by atoms with van der Waals surface area (Å²) in [5.41, 5.74) is 0.783. The zero-order valence-electron chi connectivity index (χ0n) is 14.9. The molecule has 1 aromatic rings. The second-order valence-corrected chi connectivity index (χ2v) is 7.47. The van der Waals surface area contributed by atoms with Crippen LogP contribution in [0, 0.1) is 0 Å². The summed E-state index contributed by atoms with van der Waals surface area (Å²) < 4.78 is 0. The van der Waals surface area contributed by atoms with Crippen molar-refractivity contribution < 1.29 is 9.59 Å². The summed E-state index contributed by atoms with van der Waals surface area (Å²) in [6.07, 6.45) is 5.91. The minimum absolute atomic E-state index is 0.0719. The first-order chi connectivity index (χ1) is 11.9. The van der Waals surface area contributed by atoms with Crippen LogP contribution in [0.4, 0.5) is 0 Å². The van der Waals surface area contributed by atoms with Crippen LogP contribution in [0.25, 0.3) is 0 Å². The maximum atomic E-state index is 12.6. The van der Waals surface area contributed by atoms with E-state index >= 15 is 0 Å². The Morgan fingerprint density at radius 3 is 2.52 bits per heavy atom. The van der Waals surface area contributed by atoms with Crippen LogP contribution in [0.15, 0.2) is 18.2 Å². The highest BCUT2D eigenvalue weighted by Gasteiger charge is 2.27. The van der Waals surface area contributed by atoms with Crippen LogP contribution < -0.4 is 5.32 Å². The van der Waals surface area contributed by atoms with E-state index in [0.29, 0.717) is 23.0 Å². The number of rotatable bonds is 6. The Bertz CT molecular complexity index is 615. The van der Waals surface area contributed by atoms with Crippen molar-refractivity contribution in [1.29, 1.82) is 0 Å². The first-order valence-corrected chi connectivity index (χ1v) is 9.71. The Hall–Kier alpha value is -1.26. The molecule has 138 valence electrons. The second kappa shape index (κ2) is 9.44. The van der Waals surface area contributed by atoms with Crippen molar-refractivity contribution in [2.75, 3.05) is 0 Å². The van der Waals surface area contributed by atoms with E-state index in [-0.39, 0.29) is 17.9 Å². The normalized spacial score (nSPS) is 16.3. The molecule has 0 aliphatic heterocycles. The molecular formula is C19H26Cl2N2O2. The minimum atomic E-state index is -0.541. The van der Waals surface area contributed by atoms with Gasteiger partial charge in [-0.15, -0.1) is 0 Å². The average Bonchev–Trinajstić information content (AvgIpc) is 2.60. The first-order valence-electron chi connectivity index (χ1n) is 8.96. The first kappa shape index (κ1) is 20.1. The van der Waals surface area contributed by atoms with E-state index in [2.05, 4.69) is 5.32 Å². The van der Waals surface area contributed by atoms with E-state index in [9.17, 15) is 9.59 Å². The van der Waals surface area contributed by atoms with Crippen LogP contribution in [-0.2, 0) is 16.1 Å². The lowest BCUT2D eigenvalue weighted by molar-refractivity contribution is -0.140. The van der Waals surface area contributed by atoms with E-state index in [1.165, 1.54) is 6.42 Å². The molecule has 0 spiro atoms. The molecule has 1 aliphatic rings. The van der Waals surface area contributed by atoms with Crippen LogP contribution in [-0.4, -0.2) is 28.8 Å². The lowest BCUT2D eigenvalue weighted by atomic mass is 9.95. The molecule has 2 amide bonds. The van der Waals surface area contributed by atoms with Crippen LogP contribution in [0.3, 0.4) is 0 Å². The molecule has 1 aromatic carbocycles. The third-order valence-electron chi connectivity index (χ3n) is 4.78. The standard InChI is InChI=1S/C19H26Cl2N2O2/c1-3-18(24)23(12-14-9-10-15(20)11-17(14)21)13(2)19(25)22-16-7-5-4-6-8-16/h9-11,13,16H,3-8,12H2,1-2H3,(H,22,25). The SMILES string of the molecule is CCC(=O)N(Cc1ccc(Cl)cc1Cl)C(C)C(=O)NC1CCCCC1. The highest BCUT2D eigenvalue weighted by atomic mass is 35.5. The Morgan fingerprint density at radius 1 is 1.24 bits per heavy atom. The van der Waals surface area contributed by atoms with Crippen molar-refractivity contribution in [1.82, 2.24) is 10.2 Å². The zero-order chi connectivity index (χ0) is 18.4. The lowest BCUT2D eigenvalue weighted by Gasteiger charge is -2.31. The number of nitrogens with zero attached hydrogens (tertiary/aromatic N) is 1. The summed E-state index contributed by atoms with van der Waals surface area (Å²) >= 11 is 12.2. The molecule has 0 saturated heterocycles. The van der Waals surface area contributed by atoms with Crippen LogP contribution in [0.1, 0.15) is 57.9 Å². The van der Waals surface area contributed by atoms with E-state index in [1.54, 1.807) is 36.9 Å². The van der Waals surface area contributed by atoms with Crippen LogP contribution in [0.2, 0.25) is 10.0 Å². The van der Waals surface area contributed by atoms with Gasteiger partial charge in [0.25, 0.3) is 0 Å². The number of hydrogen-bond donors (Lipinski definition) is 1. The highest BCUT2D eigenvalue weighted by molar-refractivity contribution is 6.35. The molecule has 6 heteroatoms. The molecule has 25 heavy (non-hydrogen) atoms. The fraction of sp³-hybridized carbons (Fsp3) is 0.579.